The molecule has 0 bridgehead atoms. The van der Waals surface area contributed by atoms with E-state index in [-0.39, 0.29) is 17.5 Å². The molecule has 0 aliphatic carbocycles. The molecular weight excluding hydrogens is 1440 g/mol. The summed E-state index contributed by atoms with van der Waals surface area (Å²) in [6.45, 7) is 27.7. The number of benzene rings is 15. The predicted octanol–water partition coefficient (Wildman–Crippen LogP) is 28.3. The van der Waals surface area contributed by atoms with Crippen molar-refractivity contribution in [3.05, 3.63) is 402 Å². The van der Waals surface area contributed by atoms with Crippen LogP contribution >= 0.6 is 0 Å². The maximum Gasteiger partial charge on any atom is 0.251 e. The number of fused-ring (bicyclic) bond motifs is 12. The van der Waals surface area contributed by atoms with Gasteiger partial charge in [0.05, 0.1) is 39.3 Å². The van der Waals surface area contributed by atoms with Gasteiger partial charge in [0.1, 0.15) is 11.5 Å². The lowest BCUT2D eigenvalue weighted by molar-refractivity contribution is 0.487. The molecule has 3 aliphatic rings. The summed E-state index contributed by atoms with van der Waals surface area (Å²) >= 11 is 0. The minimum Gasteiger partial charge on any atom is -0.458 e. The van der Waals surface area contributed by atoms with Crippen LogP contribution in [-0.4, -0.2) is 21.1 Å². The molecule has 18 aromatic rings. The second-order valence-corrected chi connectivity index (χ2v) is 34.4. The van der Waals surface area contributed by atoms with E-state index < -0.39 is 0 Å². The summed E-state index contributed by atoms with van der Waals surface area (Å²) in [5.41, 5.74) is 36.3. The van der Waals surface area contributed by atoms with E-state index >= 15 is 0 Å². The van der Waals surface area contributed by atoms with Gasteiger partial charge in [0.2, 0.25) is 0 Å². The SMILES string of the molecule is CC(C)c1cc(C(C)C)c(B2c3ccccc3Oc3cc(N4c5ccccc5C(C)(C)c5ccccc54)ccc32)c(C(C)C)c1.Cc1ccc2c(c1)C(C)(C)c1cc(C)ccc1N2c1ccc(-c2ncccn2)cc1.c1ccc(-c2ccc(N(c3ccc(-c4ccccc4)cc3)c3cc4c5ccccc5n5c6ccccc6c(c3)c45)cc2)cc1. The van der Waals surface area contributed by atoms with Crippen LogP contribution in [0.5, 0.6) is 11.5 Å². The Morgan fingerprint density at radius 2 is 0.765 bits per heavy atom. The number of rotatable bonds is 12. The quantitative estimate of drug-likeness (QED) is 0.114. The van der Waals surface area contributed by atoms with Crippen molar-refractivity contribution in [2.24, 2.45) is 0 Å². The van der Waals surface area contributed by atoms with Gasteiger partial charge in [-0.15, -0.1) is 0 Å². The summed E-state index contributed by atoms with van der Waals surface area (Å²) in [7, 11) is 0. The van der Waals surface area contributed by atoms with Gasteiger partial charge in [-0.2, -0.15) is 0 Å². The number of hydrogen-bond donors (Lipinski definition) is 0. The van der Waals surface area contributed by atoms with Gasteiger partial charge < -0.3 is 23.8 Å². The maximum absolute atomic E-state index is 6.81. The molecule has 0 radical (unpaired) electrons. The molecule has 0 spiro atoms. The van der Waals surface area contributed by atoms with Gasteiger partial charge in [0.25, 0.3) is 6.71 Å². The number of anilines is 9. The normalized spacial score (nSPS) is 13.4. The fourth-order valence-electron chi connectivity index (χ4n) is 19.0. The number of aryl methyl sites for hydroxylation is 2. The van der Waals surface area contributed by atoms with Crippen molar-refractivity contribution in [3.63, 3.8) is 0 Å². The van der Waals surface area contributed by atoms with E-state index in [1.54, 1.807) is 12.4 Å². The molecule has 0 saturated heterocycles. The Hall–Kier alpha value is -13.6. The first-order valence-electron chi connectivity index (χ1n) is 42.1. The van der Waals surface area contributed by atoms with Crippen molar-refractivity contribution in [3.8, 4) is 45.1 Å². The first-order valence-corrected chi connectivity index (χ1v) is 42.1. The van der Waals surface area contributed by atoms with Crippen molar-refractivity contribution >= 4 is 112 Å². The molecule has 3 aromatic heterocycles. The van der Waals surface area contributed by atoms with Crippen LogP contribution in [0.4, 0.5) is 51.2 Å². The average molecular weight is 1540 g/mol. The highest BCUT2D eigenvalue weighted by Crippen LogP contribution is 2.55. The van der Waals surface area contributed by atoms with Crippen LogP contribution in [-0.2, 0) is 10.8 Å². The molecule has 15 aromatic carbocycles. The predicted molar refractivity (Wildman–Crippen MR) is 504 cm³/mol. The first kappa shape index (κ1) is 75.5. The molecule has 7 nitrogen and oxygen atoms in total. The van der Waals surface area contributed by atoms with Gasteiger partial charge in [-0.05, 0) is 219 Å². The molecule has 0 saturated carbocycles. The molecule has 0 N–H and O–H groups in total. The van der Waals surface area contributed by atoms with E-state index in [1.165, 1.54) is 150 Å². The fraction of sp³-hybridized carbons (Fsp3) is 0.153. The Balaban J connectivity index is 0.000000121. The average Bonchev–Trinajstić information content (AvgIpc) is 1.55. The Kier molecular flexibility index (Phi) is 19.3. The summed E-state index contributed by atoms with van der Waals surface area (Å²) in [6.07, 6.45) is 3.56. The number of nitrogens with zero attached hydrogens (tertiary/aromatic N) is 6. The minimum atomic E-state index is -0.0962. The summed E-state index contributed by atoms with van der Waals surface area (Å²) in [6, 6.07) is 124. The second kappa shape index (κ2) is 30.5. The number of ether oxygens (including phenoxy) is 1. The zero-order valence-electron chi connectivity index (χ0n) is 69.9. The van der Waals surface area contributed by atoms with Crippen LogP contribution in [0.1, 0.15) is 137 Å². The van der Waals surface area contributed by atoms with E-state index in [9.17, 15) is 0 Å². The summed E-state index contributed by atoms with van der Waals surface area (Å²) in [5.74, 6) is 3.91. The van der Waals surface area contributed by atoms with Crippen molar-refractivity contribution < 1.29 is 4.74 Å². The van der Waals surface area contributed by atoms with Crippen LogP contribution < -0.4 is 35.8 Å². The van der Waals surface area contributed by atoms with Gasteiger partial charge in [0, 0.05) is 84.8 Å². The lowest BCUT2D eigenvalue weighted by Crippen LogP contribution is -2.57. The van der Waals surface area contributed by atoms with Crippen LogP contribution in [0, 0.1) is 13.8 Å². The van der Waals surface area contributed by atoms with Gasteiger partial charge in [0.15, 0.2) is 5.82 Å². The molecule has 0 fully saturated rings. The third-order valence-corrected chi connectivity index (χ3v) is 25.1. The zero-order valence-corrected chi connectivity index (χ0v) is 69.9. The maximum atomic E-state index is 6.81. The number of aromatic nitrogens is 3. The number of hydrogen-bond acceptors (Lipinski definition) is 6. The molecule has 3 aliphatic heterocycles. The van der Waals surface area contributed by atoms with E-state index in [2.05, 4.69) is 446 Å². The Labute approximate surface area is 700 Å². The molecule has 6 heterocycles. The van der Waals surface area contributed by atoms with Crippen LogP contribution in [0.3, 0.4) is 0 Å². The minimum absolute atomic E-state index is 0.0585. The van der Waals surface area contributed by atoms with E-state index in [4.69, 9.17) is 4.74 Å². The monoisotopic (exact) mass is 1540 g/mol. The van der Waals surface area contributed by atoms with Crippen molar-refractivity contribution in [2.45, 2.75) is 112 Å². The molecule has 0 unspecified atom stereocenters. The molecule has 580 valence electrons. The van der Waals surface area contributed by atoms with E-state index in [0.717, 1.165) is 51.3 Å². The zero-order chi connectivity index (χ0) is 81.5. The Morgan fingerprint density at radius 1 is 0.336 bits per heavy atom. The topological polar surface area (TPSA) is 49.1 Å². The molecule has 8 heteroatoms. The molecule has 0 amide bonds. The Morgan fingerprint density at radius 3 is 1.29 bits per heavy atom. The summed E-state index contributed by atoms with van der Waals surface area (Å²) in [4.78, 5) is 16.0. The van der Waals surface area contributed by atoms with Crippen LogP contribution in [0.2, 0.25) is 0 Å². The largest absolute Gasteiger partial charge is 0.458 e. The second-order valence-electron chi connectivity index (χ2n) is 34.4. The lowest BCUT2D eigenvalue weighted by atomic mass is 9.34. The van der Waals surface area contributed by atoms with Crippen molar-refractivity contribution in [1.82, 2.24) is 14.4 Å². The highest BCUT2D eigenvalue weighted by atomic mass is 16.5. The lowest BCUT2D eigenvalue weighted by Gasteiger charge is -2.42. The third-order valence-electron chi connectivity index (χ3n) is 25.1. The number of para-hydroxylation sites is 5. The van der Waals surface area contributed by atoms with Crippen LogP contribution in [0.25, 0.3) is 71.7 Å². The van der Waals surface area contributed by atoms with Crippen LogP contribution in [0.15, 0.2) is 352 Å². The fourth-order valence-corrected chi connectivity index (χ4v) is 19.0. The molecule has 119 heavy (non-hydrogen) atoms. The molecule has 0 atom stereocenters. The highest BCUT2D eigenvalue weighted by Gasteiger charge is 2.41. The van der Waals surface area contributed by atoms with E-state index in [1.807, 2.05) is 6.07 Å². The first-order chi connectivity index (χ1) is 57.9. The third kappa shape index (κ3) is 13.4. The molecule has 21 rings (SSSR count). The standard InChI is InChI=1S/C42H44BNO.C42H28N2.C27H25N3/c1-26(2)29-23-31(27(3)4)41(32(24-29)28(5)6)43-35-17-11-14-20-39(35)45-40-25-30(21-22-36(40)43)44-37-18-12-9-15-33(37)42(7,8)34-16-10-13-19-38(34)44;1-3-11-29(12-4-1)31-19-23-33(24-20-31)43(34-25-21-32(22-26-34)30-13-5-2-6-14-30)35-27-38-36-15-7-9-17-40(36)44-41-18-10-8-16-37(41)39(28-35)42(38)44;1-18-6-12-24-22(16-18)27(3,4)23-17-19(2)7-13-25(23)30(24)21-10-8-20(9-11-21)26-28-14-5-15-29-26/h9-28H,1-8H3;1-28H;5-17H,1-4H3. The van der Waals surface area contributed by atoms with Gasteiger partial charge >= 0.3 is 0 Å². The van der Waals surface area contributed by atoms with Crippen molar-refractivity contribution in [2.75, 3.05) is 14.7 Å². The van der Waals surface area contributed by atoms with Gasteiger partial charge in [-0.1, -0.05) is 304 Å². The van der Waals surface area contributed by atoms with E-state index in [0.29, 0.717) is 17.8 Å². The van der Waals surface area contributed by atoms with Crippen molar-refractivity contribution in [1.29, 1.82) is 0 Å². The Bertz CT molecular complexity index is 6530. The van der Waals surface area contributed by atoms with Gasteiger partial charge in [-0.3, -0.25) is 0 Å². The molecular formula is C111H97BN6O. The highest BCUT2D eigenvalue weighted by molar-refractivity contribution is 6.97. The van der Waals surface area contributed by atoms with Gasteiger partial charge in [-0.25, -0.2) is 9.97 Å². The smallest absolute Gasteiger partial charge is 0.251 e. The summed E-state index contributed by atoms with van der Waals surface area (Å²) < 4.78 is 9.25. The summed E-state index contributed by atoms with van der Waals surface area (Å²) in [5, 5.41) is 5.10.